The van der Waals surface area contributed by atoms with E-state index in [1.54, 1.807) is 0 Å². The first-order valence-corrected chi connectivity index (χ1v) is 10.1. The van der Waals surface area contributed by atoms with Crippen LogP contribution in [0.1, 0.15) is 53.2 Å². The van der Waals surface area contributed by atoms with Crippen LogP contribution in [0.15, 0.2) is 41.4 Å². The van der Waals surface area contributed by atoms with Crippen LogP contribution in [-0.2, 0) is 0 Å². The van der Waals surface area contributed by atoms with Gasteiger partial charge in [0.25, 0.3) is 0 Å². The lowest BCUT2D eigenvalue weighted by Crippen LogP contribution is -2.35. The maximum Gasteiger partial charge on any atom is 0.0704 e. The van der Waals surface area contributed by atoms with Crippen LogP contribution in [0, 0.1) is 5.41 Å². The van der Waals surface area contributed by atoms with Crippen molar-refractivity contribution in [2.45, 2.75) is 57.1 Å². The molecule has 0 atom stereocenters. The highest BCUT2D eigenvalue weighted by Crippen LogP contribution is 2.40. The summed E-state index contributed by atoms with van der Waals surface area (Å²) in [6.45, 7) is 11.1. The molecule has 0 saturated carbocycles. The zero-order valence-corrected chi connectivity index (χ0v) is 17.2. The Morgan fingerprint density at radius 3 is 2.58 bits per heavy atom. The molecule has 0 unspecified atom stereocenters. The van der Waals surface area contributed by atoms with Gasteiger partial charge < -0.3 is 0 Å². The number of benzene rings is 1. The molecular formula is C21H29NS2. The minimum absolute atomic E-state index is 0.00197. The zero-order valence-electron chi connectivity index (χ0n) is 15.5. The topological polar surface area (TPSA) is 12.9 Å². The third-order valence-corrected chi connectivity index (χ3v) is 6.81. The highest BCUT2D eigenvalue weighted by atomic mass is 32.2. The standard InChI is InChI=1S/C21H29NS2/c1-6-7-8-9-19-18-11-10-17(14-16(18)12-13-22-19)24-15-20(2,3)21(4,5)23/h8-14,23H,6-7,15H2,1-5H3/b9-8+. The highest BCUT2D eigenvalue weighted by Gasteiger charge is 2.33. The molecule has 0 bridgehead atoms. The number of fused-ring (bicyclic) bond motifs is 1. The molecule has 2 rings (SSSR count). The van der Waals surface area contributed by atoms with Crippen molar-refractivity contribution in [1.29, 1.82) is 0 Å². The second-order valence-electron chi connectivity index (χ2n) is 7.50. The van der Waals surface area contributed by atoms with Crippen molar-refractivity contribution in [1.82, 2.24) is 4.98 Å². The Bertz CT molecular complexity index is 711. The van der Waals surface area contributed by atoms with E-state index in [0.29, 0.717) is 0 Å². The van der Waals surface area contributed by atoms with Gasteiger partial charge in [0.2, 0.25) is 0 Å². The summed E-state index contributed by atoms with van der Waals surface area (Å²) in [5.41, 5.74) is 1.22. The Morgan fingerprint density at radius 2 is 1.92 bits per heavy atom. The van der Waals surface area contributed by atoms with Gasteiger partial charge >= 0.3 is 0 Å². The molecule has 24 heavy (non-hydrogen) atoms. The van der Waals surface area contributed by atoms with E-state index in [4.69, 9.17) is 12.6 Å². The second-order valence-corrected chi connectivity index (χ2v) is 9.67. The number of hydrogen-bond donors (Lipinski definition) is 1. The zero-order chi connectivity index (χ0) is 17.8. The maximum absolute atomic E-state index is 4.77. The third kappa shape index (κ3) is 4.80. The predicted octanol–water partition coefficient (Wildman–Crippen LogP) is 6.87. The van der Waals surface area contributed by atoms with Gasteiger partial charge in [0.1, 0.15) is 0 Å². The van der Waals surface area contributed by atoms with Crippen molar-refractivity contribution in [3.05, 3.63) is 42.2 Å². The Labute approximate surface area is 156 Å². The molecule has 0 fully saturated rings. The van der Waals surface area contributed by atoms with Crippen molar-refractivity contribution in [3.8, 4) is 0 Å². The van der Waals surface area contributed by atoms with Gasteiger partial charge in [0, 0.05) is 27.0 Å². The molecule has 3 heteroatoms. The summed E-state index contributed by atoms with van der Waals surface area (Å²) >= 11 is 6.67. The molecule has 1 heterocycles. The molecule has 0 aliphatic rings. The van der Waals surface area contributed by atoms with Crippen LogP contribution in [-0.4, -0.2) is 15.5 Å². The summed E-state index contributed by atoms with van der Waals surface area (Å²) in [6.07, 6.45) is 8.52. The molecule has 0 radical (unpaired) electrons. The summed E-state index contributed by atoms with van der Waals surface area (Å²) < 4.78 is -0.00197. The summed E-state index contributed by atoms with van der Waals surface area (Å²) in [5.74, 6) is 1.04. The van der Waals surface area contributed by atoms with Gasteiger partial charge in [-0.3, -0.25) is 4.98 Å². The second kappa shape index (κ2) is 7.97. The number of nitrogens with zero attached hydrogens (tertiary/aromatic N) is 1. The fourth-order valence-electron chi connectivity index (χ4n) is 2.20. The van der Waals surface area contributed by atoms with E-state index in [-0.39, 0.29) is 10.2 Å². The Morgan fingerprint density at radius 1 is 1.17 bits per heavy atom. The lowest BCUT2D eigenvalue weighted by molar-refractivity contribution is 0.331. The molecule has 0 spiro atoms. The van der Waals surface area contributed by atoms with Crippen molar-refractivity contribution >= 4 is 41.2 Å². The van der Waals surface area contributed by atoms with E-state index in [1.807, 2.05) is 18.0 Å². The Balaban J connectivity index is 2.20. The van der Waals surface area contributed by atoms with E-state index in [0.717, 1.165) is 17.9 Å². The number of allylic oxidation sites excluding steroid dienone is 1. The fourth-order valence-corrected chi connectivity index (χ4v) is 3.65. The summed E-state index contributed by atoms with van der Waals surface area (Å²) in [6, 6.07) is 8.80. The van der Waals surface area contributed by atoms with Crippen molar-refractivity contribution in [2.75, 3.05) is 5.75 Å². The highest BCUT2D eigenvalue weighted by molar-refractivity contribution is 7.99. The minimum atomic E-state index is -0.00197. The quantitative estimate of drug-likeness (QED) is 0.427. The maximum atomic E-state index is 4.77. The normalized spacial score (nSPS) is 13.1. The van der Waals surface area contributed by atoms with E-state index in [2.05, 4.69) is 76.0 Å². The monoisotopic (exact) mass is 359 g/mol. The van der Waals surface area contributed by atoms with Crippen LogP contribution in [0.25, 0.3) is 16.8 Å². The molecule has 0 amide bonds. The number of hydrogen-bond acceptors (Lipinski definition) is 3. The minimum Gasteiger partial charge on any atom is -0.256 e. The first-order chi connectivity index (χ1) is 11.2. The molecule has 2 aromatic rings. The lowest BCUT2D eigenvalue weighted by atomic mass is 9.82. The van der Waals surface area contributed by atoms with Gasteiger partial charge in [-0.05, 0) is 41.5 Å². The number of aromatic nitrogens is 1. The summed E-state index contributed by atoms with van der Waals surface area (Å²) in [4.78, 5) is 5.83. The van der Waals surface area contributed by atoms with Crippen LogP contribution >= 0.6 is 24.4 Å². The number of thiol groups is 1. The predicted molar refractivity (Wildman–Crippen MR) is 113 cm³/mol. The van der Waals surface area contributed by atoms with Crippen LogP contribution in [0.5, 0.6) is 0 Å². The van der Waals surface area contributed by atoms with Crippen LogP contribution in [0.2, 0.25) is 0 Å². The molecule has 1 aromatic heterocycles. The van der Waals surface area contributed by atoms with E-state index < -0.39 is 0 Å². The third-order valence-electron chi connectivity index (χ3n) is 4.75. The molecule has 0 aliphatic carbocycles. The number of thioether (sulfide) groups is 1. The van der Waals surface area contributed by atoms with Crippen molar-refractivity contribution in [2.24, 2.45) is 5.41 Å². The fraction of sp³-hybridized carbons (Fsp3) is 0.476. The van der Waals surface area contributed by atoms with Crippen molar-refractivity contribution < 1.29 is 0 Å². The largest absolute Gasteiger partial charge is 0.256 e. The Kier molecular flexibility index (Phi) is 6.44. The van der Waals surface area contributed by atoms with Gasteiger partial charge in [-0.25, -0.2) is 0 Å². The Hall–Kier alpha value is -0.930. The number of rotatable bonds is 7. The molecule has 130 valence electrons. The first-order valence-electron chi connectivity index (χ1n) is 8.65. The number of unbranched alkanes of at least 4 members (excludes halogenated alkanes) is 1. The molecule has 1 nitrogen and oxygen atoms in total. The van der Waals surface area contributed by atoms with Gasteiger partial charge in [-0.1, -0.05) is 53.2 Å². The summed E-state index contributed by atoms with van der Waals surface area (Å²) in [5, 5.41) is 2.48. The van der Waals surface area contributed by atoms with E-state index in [9.17, 15) is 0 Å². The molecular weight excluding hydrogens is 330 g/mol. The van der Waals surface area contributed by atoms with Gasteiger partial charge in [-0.15, -0.1) is 11.8 Å². The average Bonchev–Trinajstić information content (AvgIpc) is 2.52. The summed E-state index contributed by atoms with van der Waals surface area (Å²) in [7, 11) is 0. The van der Waals surface area contributed by atoms with Gasteiger partial charge in [0.15, 0.2) is 0 Å². The van der Waals surface area contributed by atoms with E-state index >= 15 is 0 Å². The SMILES string of the molecule is CCC/C=C/c1nccc2cc(SCC(C)(C)C(C)(C)S)ccc12. The van der Waals surface area contributed by atoms with Crippen LogP contribution in [0.4, 0.5) is 0 Å². The lowest BCUT2D eigenvalue weighted by Gasteiger charge is -2.37. The van der Waals surface area contributed by atoms with Crippen LogP contribution in [0.3, 0.4) is 0 Å². The smallest absolute Gasteiger partial charge is 0.0704 e. The van der Waals surface area contributed by atoms with Crippen LogP contribution < -0.4 is 0 Å². The number of pyridine rings is 1. The molecule has 0 aliphatic heterocycles. The van der Waals surface area contributed by atoms with E-state index in [1.165, 1.54) is 22.1 Å². The molecule has 0 saturated heterocycles. The molecule has 1 aromatic carbocycles. The van der Waals surface area contributed by atoms with Gasteiger partial charge in [-0.2, -0.15) is 12.6 Å². The molecule has 0 N–H and O–H groups in total. The first kappa shape index (κ1) is 19.4. The van der Waals surface area contributed by atoms with Crippen molar-refractivity contribution in [3.63, 3.8) is 0 Å². The average molecular weight is 360 g/mol. The van der Waals surface area contributed by atoms with Gasteiger partial charge in [0.05, 0.1) is 5.69 Å².